The lowest BCUT2D eigenvalue weighted by atomic mass is 9.99. The first-order valence-corrected chi connectivity index (χ1v) is 12.8. The van der Waals surface area contributed by atoms with Gasteiger partial charge in [0, 0.05) is 0 Å². The van der Waals surface area contributed by atoms with Crippen molar-refractivity contribution in [2.45, 2.75) is 64.2 Å². The lowest BCUT2D eigenvalue weighted by Gasteiger charge is -2.46. The molecule has 3 heteroatoms. The van der Waals surface area contributed by atoms with Gasteiger partial charge in [-0.15, -0.1) is 6.58 Å². The van der Waals surface area contributed by atoms with Crippen molar-refractivity contribution < 1.29 is 9.16 Å². The summed E-state index contributed by atoms with van der Waals surface area (Å²) in [6, 6.07) is 21.8. The lowest BCUT2D eigenvalue weighted by molar-refractivity contribution is 0.00519. The monoisotopic (exact) mass is 408 g/mol. The van der Waals surface area contributed by atoms with Gasteiger partial charge < -0.3 is 9.16 Å². The molecule has 0 amide bonds. The maximum Gasteiger partial charge on any atom is 0.261 e. The van der Waals surface area contributed by atoms with Crippen LogP contribution in [0.5, 0.6) is 0 Å². The van der Waals surface area contributed by atoms with Crippen molar-refractivity contribution in [3.63, 3.8) is 0 Å². The van der Waals surface area contributed by atoms with Crippen LogP contribution >= 0.6 is 0 Å². The SMILES string of the molecule is C=CC[C@H]1CO[C@H]([C@@H](CC)O[Si](c2ccccc2)(c2ccccc2)C(C)(C)C)C1. The topological polar surface area (TPSA) is 18.5 Å². The highest BCUT2D eigenvalue weighted by Crippen LogP contribution is 2.39. The van der Waals surface area contributed by atoms with Gasteiger partial charge in [-0.25, -0.2) is 0 Å². The van der Waals surface area contributed by atoms with Crippen LogP contribution in [-0.2, 0) is 9.16 Å². The number of rotatable bonds is 8. The summed E-state index contributed by atoms with van der Waals surface area (Å²) in [7, 11) is -2.54. The van der Waals surface area contributed by atoms with Crippen LogP contribution in [0.1, 0.15) is 47.0 Å². The maximum absolute atomic E-state index is 7.32. The van der Waals surface area contributed by atoms with E-state index in [1.165, 1.54) is 10.4 Å². The number of allylic oxidation sites excluding steroid dienone is 1. The molecule has 0 unspecified atom stereocenters. The van der Waals surface area contributed by atoms with Crippen LogP contribution in [-0.4, -0.2) is 27.1 Å². The first kappa shape index (κ1) is 22.0. The molecule has 0 aliphatic carbocycles. The van der Waals surface area contributed by atoms with Crippen LogP contribution in [0.15, 0.2) is 73.3 Å². The molecule has 0 spiro atoms. The van der Waals surface area contributed by atoms with Crippen molar-refractivity contribution in [2.24, 2.45) is 5.92 Å². The molecule has 2 aromatic rings. The molecule has 1 saturated heterocycles. The molecule has 29 heavy (non-hydrogen) atoms. The quantitative estimate of drug-likeness (QED) is 0.434. The molecule has 0 radical (unpaired) electrons. The number of benzene rings is 2. The van der Waals surface area contributed by atoms with Crippen molar-refractivity contribution in [2.75, 3.05) is 6.61 Å². The standard InChI is InChI=1S/C26H36O2Si/c1-6-14-21-19-25(27-20-21)24(7-2)28-29(26(3,4)5,22-15-10-8-11-16-22)23-17-12-9-13-18-23/h6,8-13,15-18,21,24-25H,1,7,14,19-20H2,2-5H3/t21-,24-,25+/m1/s1. The Labute approximate surface area is 178 Å². The van der Waals surface area contributed by atoms with Crippen molar-refractivity contribution in [3.05, 3.63) is 73.3 Å². The average Bonchev–Trinajstić information content (AvgIpc) is 3.18. The van der Waals surface area contributed by atoms with E-state index in [2.05, 4.69) is 94.9 Å². The molecule has 2 nitrogen and oxygen atoms in total. The first-order chi connectivity index (χ1) is 13.9. The Morgan fingerprint density at radius 3 is 2.07 bits per heavy atom. The van der Waals surface area contributed by atoms with Crippen LogP contribution in [0.25, 0.3) is 0 Å². The van der Waals surface area contributed by atoms with Crippen LogP contribution in [0.3, 0.4) is 0 Å². The molecule has 0 saturated carbocycles. The highest BCUT2D eigenvalue weighted by Gasteiger charge is 2.52. The van der Waals surface area contributed by atoms with Gasteiger partial charge in [0.2, 0.25) is 0 Å². The van der Waals surface area contributed by atoms with Gasteiger partial charge in [0.05, 0.1) is 18.8 Å². The van der Waals surface area contributed by atoms with Gasteiger partial charge in [-0.3, -0.25) is 0 Å². The Kier molecular flexibility index (Phi) is 7.15. The fraction of sp³-hybridized carbons (Fsp3) is 0.462. The normalized spacial score (nSPS) is 21.1. The summed E-state index contributed by atoms with van der Waals surface area (Å²) in [5.74, 6) is 0.564. The Morgan fingerprint density at radius 1 is 1.07 bits per heavy atom. The molecule has 3 atom stereocenters. The Bertz CT molecular complexity index is 727. The zero-order chi connectivity index (χ0) is 20.9. The predicted molar refractivity (Wildman–Crippen MR) is 125 cm³/mol. The molecule has 1 aliphatic heterocycles. The molecule has 1 fully saturated rings. The van der Waals surface area contributed by atoms with Gasteiger partial charge >= 0.3 is 0 Å². The van der Waals surface area contributed by atoms with Gasteiger partial charge in [0.25, 0.3) is 8.32 Å². The second-order valence-corrected chi connectivity index (χ2v) is 13.5. The average molecular weight is 409 g/mol. The van der Waals surface area contributed by atoms with E-state index in [9.17, 15) is 0 Å². The second kappa shape index (κ2) is 9.42. The molecule has 0 N–H and O–H groups in total. The van der Waals surface area contributed by atoms with Crippen LogP contribution in [0.2, 0.25) is 5.04 Å². The first-order valence-electron chi connectivity index (χ1n) is 10.9. The summed E-state index contributed by atoms with van der Waals surface area (Å²) in [4.78, 5) is 0. The molecule has 156 valence electrons. The van der Waals surface area contributed by atoms with E-state index >= 15 is 0 Å². The Balaban J connectivity index is 2.04. The van der Waals surface area contributed by atoms with E-state index in [1.807, 2.05) is 6.08 Å². The van der Waals surface area contributed by atoms with E-state index in [0.717, 1.165) is 25.9 Å². The van der Waals surface area contributed by atoms with Crippen molar-refractivity contribution in [1.29, 1.82) is 0 Å². The summed E-state index contributed by atoms with van der Waals surface area (Å²) in [5.41, 5.74) is 0. The molecule has 1 aliphatic rings. The third kappa shape index (κ3) is 4.58. The number of hydrogen-bond donors (Lipinski definition) is 0. The summed E-state index contributed by atoms with van der Waals surface area (Å²) in [5, 5.41) is 2.65. The summed E-state index contributed by atoms with van der Waals surface area (Å²) >= 11 is 0. The minimum Gasteiger partial charge on any atom is -0.402 e. The third-order valence-electron chi connectivity index (χ3n) is 6.17. The largest absolute Gasteiger partial charge is 0.402 e. The van der Waals surface area contributed by atoms with Gasteiger partial charge in [-0.05, 0) is 40.6 Å². The molecule has 2 aromatic carbocycles. The lowest BCUT2D eigenvalue weighted by Crippen LogP contribution is -2.68. The van der Waals surface area contributed by atoms with E-state index in [-0.39, 0.29) is 17.2 Å². The fourth-order valence-electron chi connectivity index (χ4n) is 4.72. The molecule has 0 aromatic heterocycles. The zero-order valence-electron chi connectivity index (χ0n) is 18.4. The third-order valence-corrected chi connectivity index (χ3v) is 11.2. The van der Waals surface area contributed by atoms with Crippen LogP contribution in [0, 0.1) is 5.92 Å². The second-order valence-electron chi connectivity index (χ2n) is 9.23. The maximum atomic E-state index is 7.32. The van der Waals surface area contributed by atoms with Crippen LogP contribution in [0.4, 0.5) is 0 Å². The Hall–Kier alpha value is -1.68. The summed E-state index contributed by atoms with van der Waals surface area (Å²) < 4.78 is 13.6. The summed E-state index contributed by atoms with van der Waals surface area (Å²) in [6.07, 6.45) is 5.30. The highest BCUT2D eigenvalue weighted by atomic mass is 28.4. The van der Waals surface area contributed by atoms with E-state index in [0.29, 0.717) is 5.92 Å². The minimum absolute atomic E-state index is 0.0117. The van der Waals surface area contributed by atoms with Crippen LogP contribution < -0.4 is 10.4 Å². The highest BCUT2D eigenvalue weighted by molar-refractivity contribution is 6.99. The van der Waals surface area contributed by atoms with Crippen molar-refractivity contribution in [1.82, 2.24) is 0 Å². The molecular formula is C26H36O2Si. The van der Waals surface area contributed by atoms with Crippen molar-refractivity contribution >= 4 is 18.7 Å². The van der Waals surface area contributed by atoms with Gasteiger partial charge in [-0.2, -0.15) is 0 Å². The number of hydrogen-bond acceptors (Lipinski definition) is 2. The zero-order valence-corrected chi connectivity index (χ0v) is 19.4. The van der Waals surface area contributed by atoms with Crippen molar-refractivity contribution in [3.8, 4) is 0 Å². The van der Waals surface area contributed by atoms with E-state index < -0.39 is 8.32 Å². The molecular weight excluding hydrogens is 372 g/mol. The molecule has 0 bridgehead atoms. The molecule has 3 rings (SSSR count). The van der Waals surface area contributed by atoms with E-state index in [1.54, 1.807) is 0 Å². The van der Waals surface area contributed by atoms with Gasteiger partial charge in [-0.1, -0.05) is 94.4 Å². The number of ether oxygens (including phenoxy) is 1. The fourth-order valence-corrected chi connectivity index (χ4v) is 9.51. The Morgan fingerprint density at radius 2 is 1.62 bits per heavy atom. The smallest absolute Gasteiger partial charge is 0.261 e. The minimum atomic E-state index is -2.54. The summed E-state index contributed by atoms with van der Waals surface area (Å²) in [6.45, 7) is 14.0. The van der Waals surface area contributed by atoms with Gasteiger partial charge in [0.1, 0.15) is 0 Å². The van der Waals surface area contributed by atoms with E-state index in [4.69, 9.17) is 9.16 Å². The van der Waals surface area contributed by atoms with Gasteiger partial charge in [0.15, 0.2) is 0 Å². The molecule has 1 heterocycles. The predicted octanol–water partition coefficient (Wildman–Crippen LogP) is 5.32.